The zero-order valence-electron chi connectivity index (χ0n) is 19.6. The van der Waals surface area contributed by atoms with E-state index in [2.05, 4.69) is 48.3 Å². The minimum Gasteiger partial charge on any atom is -0.451 e. The number of rotatable bonds is 7. The van der Waals surface area contributed by atoms with Gasteiger partial charge in [0.1, 0.15) is 5.58 Å². The maximum atomic E-state index is 12.9. The molecule has 1 fully saturated rings. The molecule has 2 aromatic carbocycles. The normalized spacial score (nSPS) is 15.6. The number of nitrogens with zero attached hydrogens (tertiary/aromatic N) is 1. The van der Waals surface area contributed by atoms with E-state index in [9.17, 15) is 9.59 Å². The highest BCUT2D eigenvalue weighted by atomic mass is 16.5. The maximum absolute atomic E-state index is 12.9. The third kappa shape index (κ3) is 5.34. The summed E-state index contributed by atoms with van der Waals surface area (Å²) < 4.78 is 11.3. The minimum absolute atomic E-state index is 0.0124. The molecule has 6 nitrogen and oxygen atoms in total. The SMILES string of the molecule is CCc1ccc2oc(C(=O)NC[C@H](c3ccc(C(C)C)cc3)N3CCOCC3)cc(=O)c2c1. The molecule has 0 bridgehead atoms. The lowest BCUT2D eigenvalue weighted by atomic mass is 9.98. The van der Waals surface area contributed by atoms with E-state index in [4.69, 9.17) is 9.15 Å². The van der Waals surface area contributed by atoms with Crippen molar-refractivity contribution in [3.8, 4) is 0 Å². The molecule has 1 N–H and O–H groups in total. The summed E-state index contributed by atoms with van der Waals surface area (Å²) in [5, 5.41) is 3.49. The van der Waals surface area contributed by atoms with Crippen molar-refractivity contribution in [1.82, 2.24) is 10.2 Å². The summed E-state index contributed by atoms with van der Waals surface area (Å²) in [6.45, 7) is 9.75. The van der Waals surface area contributed by atoms with Crippen molar-refractivity contribution in [3.63, 3.8) is 0 Å². The second-order valence-corrected chi connectivity index (χ2v) is 8.85. The number of hydrogen-bond donors (Lipinski definition) is 1. The molecule has 4 rings (SSSR count). The number of amides is 1. The smallest absolute Gasteiger partial charge is 0.287 e. The van der Waals surface area contributed by atoms with Gasteiger partial charge in [0.2, 0.25) is 0 Å². The highest BCUT2D eigenvalue weighted by Gasteiger charge is 2.24. The fraction of sp³-hybridized carbons (Fsp3) is 0.407. The summed E-state index contributed by atoms with van der Waals surface area (Å²) in [7, 11) is 0. The third-order valence-corrected chi connectivity index (χ3v) is 6.35. The molecule has 1 saturated heterocycles. The van der Waals surface area contributed by atoms with Crippen molar-refractivity contribution in [2.75, 3.05) is 32.8 Å². The largest absolute Gasteiger partial charge is 0.451 e. The van der Waals surface area contributed by atoms with Gasteiger partial charge in [0.05, 0.1) is 24.6 Å². The van der Waals surface area contributed by atoms with Gasteiger partial charge < -0.3 is 14.5 Å². The van der Waals surface area contributed by atoms with E-state index < -0.39 is 0 Å². The second kappa shape index (κ2) is 10.3. The lowest BCUT2D eigenvalue weighted by Gasteiger charge is -2.35. The molecule has 0 spiro atoms. The third-order valence-electron chi connectivity index (χ3n) is 6.35. The highest BCUT2D eigenvalue weighted by Crippen LogP contribution is 2.24. The van der Waals surface area contributed by atoms with Crippen LogP contribution in [0, 0.1) is 0 Å². The Morgan fingerprint density at radius 3 is 2.39 bits per heavy atom. The van der Waals surface area contributed by atoms with Crippen LogP contribution in [-0.2, 0) is 11.2 Å². The van der Waals surface area contributed by atoms with Gasteiger partial charge >= 0.3 is 0 Å². The van der Waals surface area contributed by atoms with Crippen molar-refractivity contribution >= 4 is 16.9 Å². The average molecular weight is 449 g/mol. The Hall–Kier alpha value is -2.96. The van der Waals surface area contributed by atoms with Crippen molar-refractivity contribution in [2.45, 2.75) is 39.2 Å². The second-order valence-electron chi connectivity index (χ2n) is 8.85. The first-order valence-corrected chi connectivity index (χ1v) is 11.7. The quantitative estimate of drug-likeness (QED) is 0.584. The average Bonchev–Trinajstić information content (AvgIpc) is 2.84. The molecule has 174 valence electrons. The van der Waals surface area contributed by atoms with Gasteiger partial charge in [0, 0.05) is 25.7 Å². The van der Waals surface area contributed by atoms with E-state index in [1.165, 1.54) is 11.6 Å². The molecule has 2 heterocycles. The molecular formula is C27H32N2O4. The highest BCUT2D eigenvalue weighted by molar-refractivity contribution is 5.93. The van der Waals surface area contributed by atoms with Gasteiger partial charge in [-0.15, -0.1) is 0 Å². The van der Waals surface area contributed by atoms with Gasteiger partial charge in [-0.25, -0.2) is 0 Å². The van der Waals surface area contributed by atoms with Crippen LogP contribution in [0.3, 0.4) is 0 Å². The predicted molar refractivity (Wildman–Crippen MR) is 130 cm³/mol. The standard InChI is InChI=1S/C27H32N2O4/c1-4-19-5-10-25-22(15-19)24(30)16-26(33-25)27(31)28-17-23(29-11-13-32-14-12-29)21-8-6-20(7-9-21)18(2)3/h5-10,15-16,18,23H,4,11-14,17H2,1-3H3,(H,28,31)/t23-/m1/s1. The number of morpholine rings is 1. The summed E-state index contributed by atoms with van der Waals surface area (Å²) >= 11 is 0. The fourth-order valence-corrected chi connectivity index (χ4v) is 4.26. The number of carbonyl (C=O) groups excluding carboxylic acids is 1. The van der Waals surface area contributed by atoms with Crippen LogP contribution in [0.25, 0.3) is 11.0 Å². The van der Waals surface area contributed by atoms with Gasteiger partial charge in [0.25, 0.3) is 5.91 Å². The molecule has 0 unspecified atom stereocenters. The first-order valence-electron chi connectivity index (χ1n) is 11.7. The summed E-state index contributed by atoms with van der Waals surface area (Å²) in [6, 6.07) is 15.4. The van der Waals surface area contributed by atoms with Crippen molar-refractivity contribution in [3.05, 3.63) is 81.2 Å². The molecule has 1 atom stereocenters. The number of hydrogen-bond acceptors (Lipinski definition) is 5. The molecule has 33 heavy (non-hydrogen) atoms. The van der Waals surface area contributed by atoms with Gasteiger partial charge in [-0.1, -0.05) is 51.1 Å². The number of ether oxygens (including phenoxy) is 1. The van der Waals surface area contributed by atoms with Crippen LogP contribution in [-0.4, -0.2) is 43.7 Å². The molecule has 0 aliphatic carbocycles. The molecule has 6 heteroatoms. The number of carbonyl (C=O) groups is 1. The van der Waals surface area contributed by atoms with Crippen molar-refractivity contribution in [2.24, 2.45) is 0 Å². The van der Waals surface area contributed by atoms with Crippen LogP contribution in [0.1, 0.15) is 60.0 Å². The summed E-state index contributed by atoms with van der Waals surface area (Å²) in [4.78, 5) is 27.9. The Labute approximate surface area is 194 Å². The zero-order valence-corrected chi connectivity index (χ0v) is 19.6. The Bertz CT molecular complexity index is 1160. The van der Waals surface area contributed by atoms with E-state index in [1.54, 1.807) is 6.07 Å². The van der Waals surface area contributed by atoms with Gasteiger partial charge in [-0.3, -0.25) is 14.5 Å². The molecule has 0 radical (unpaired) electrons. The summed E-state index contributed by atoms with van der Waals surface area (Å²) in [6.07, 6.45) is 0.832. The van der Waals surface area contributed by atoms with Gasteiger partial charge in [0.15, 0.2) is 11.2 Å². The number of fused-ring (bicyclic) bond motifs is 1. The lowest BCUT2D eigenvalue weighted by Crippen LogP contribution is -2.43. The van der Waals surface area contributed by atoms with E-state index in [-0.39, 0.29) is 23.1 Å². The Morgan fingerprint density at radius 1 is 1.03 bits per heavy atom. The van der Waals surface area contributed by atoms with Gasteiger partial charge in [-0.05, 0) is 41.2 Å². The van der Waals surface area contributed by atoms with Crippen LogP contribution in [0.2, 0.25) is 0 Å². The van der Waals surface area contributed by atoms with E-state index in [1.807, 2.05) is 19.1 Å². The van der Waals surface area contributed by atoms with Crippen molar-refractivity contribution in [1.29, 1.82) is 0 Å². The predicted octanol–water partition coefficient (Wildman–Crippen LogP) is 4.28. The molecule has 0 saturated carbocycles. The Kier molecular flexibility index (Phi) is 7.26. The van der Waals surface area contributed by atoms with Crippen LogP contribution >= 0.6 is 0 Å². The molecular weight excluding hydrogens is 416 g/mol. The Morgan fingerprint density at radius 2 is 1.73 bits per heavy atom. The van der Waals surface area contributed by atoms with Crippen molar-refractivity contribution < 1.29 is 13.9 Å². The van der Waals surface area contributed by atoms with Crippen LogP contribution in [0.4, 0.5) is 0 Å². The molecule has 1 aromatic heterocycles. The van der Waals surface area contributed by atoms with Crippen LogP contribution < -0.4 is 10.7 Å². The van der Waals surface area contributed by atoms with Gasteiger partial charge in [-0.2, -0.15) is 0 Å². The molecule has 1 aliphatic rings. The summed E-state index contributed by atoms with van der Waals surface area (Å²) in [5.41, 5.74) is 3.72. The van der Waals surface area contributed by atoms with Crippen LogP contribution in [0.15, 0.2) is 57.7 Å². The number of nitrogens with one attached hydrogen (secondary N) is 1. The van der Waals surface area contributed by atoms with E-state index >= 15 is 0 Å². The fourth-order valence-electron chi connectivity index (χ4n) is 4.26. The lowest BCUT2D eigenvalue weighted by molar-refractivity contribution is 0.0161. The topological polar surface area (TPSA) is 71.8 Å². The number of aryl methyl sites for hydroxylation is 1. The molecule has 1 aliphatic heterocycles. The first-order chi connectivity index (χ1) is 16.0. The summed E-state index contributed by atoms with van der Waals surface area (Å²) in [5.74, 6) is 0.114. The zero-order chi connectivity index (χ0) is 23.4. The van der Waals surface area contributed by atoms with E-state index in [0.717, 1.165) is 30.6 Å². The first kappa shape index (κ1) is 23.2. The van der Waals surface area contributed by atoms with E-state index in [0.29, 0.717) is 36.6 Å². The molecule has 3 aromatic rings. The maximum Gasteiger partial charge on any atom is 0.287 e. The monoisotopic (exact) mass is 448 g/mol. The van der Waals surface area contributed by atoms with Crippen LogP contribution in [0.5, 0.6) is 0 Å². The minimum atomic E-state index is -0.384. The molecule has 1 amide bonds. The number of benzene rings is 2. The Balaban J connectivity index is 1.54.